The number of phenols is 6. The Morgan fingerprint density at radius 3 is 1.76 bits per heavy atom. The Morgan fingerprint density at radius 1 is 0.824 bits per heavy atom. The second-order valence-electron chi connectivity index (χ2n) is 7.18. The number of cyclic esters (lactones) is 2. The van der Waals surface area contributed by atoms with Crippen LogP contribution in [0.15, 0.2) is 12.1 Å². The summed E-state index contributed by atoms with van der Waals surface area (Å²) in [7, 11) is 0. The van der Waals surface area contributed by atoms with Gasteiger partial charge in [0.2, 0.25) is 11.5 Å². The molecule has 14 heteroatoms. The van der Waals surface area contributed by atoms with Crippen LogP contribution >= 0.6 is 0 Å². The molecule has 4 atom stereocenters. The van der Waals surface area contributed by atoms with Gasteiger partial charge >= 0.3 is 11.9 Å². The number of rotatable bonds is 3. The Labute approximate surface area is 188 Å². The number of phenolic OH excluding ortho intramolecular Hbond substituents is 6. The smallest absolute Gasteiger partial charge is 0.339 e. The number of fused-ring (bicyclic) bond motifs is 3. The van der Waals surface area contributed by atoms with Crippen LogP contribution in [0.1, 0.15) is 20.7 Å². The molecule has 0 bridgehead atoms. The standard InChI is InChI=1S/C20H18O14/c21-3-9(24)15(28)18-10(25)4-33-19(31)5-1-7(22)13(26)16(29)11(5)12-6(20(32)34-18)2-8(23)14(27)17(12)30/h1-3,9-10,15,18,22-30H,4H2. The largest absolute Gasteiger partial charge is 0.504 e. The predicted molar refractivity (Wildman–Crippen MR) is 105 cm³/mol. The second-order valence-corrected chi connectivity index (χ2v) is 7.18. The summed E-state index contributed by atoms with van der Waals surface area (Å²) in [6, 6.07) is 1.10. The van der Waals surface area contributed by atoms with E-state index in [1.54, 1.807) is 0 Å². The zero-order valence-corrected chi connectivity index (χ0v) is 16.8. The normalized spacial score (nSPS) is 20.1. The second kappa shape index (κ2) is 8.93. The van der Waals surface area contributed by atoms with Gasteiger partial charge in [0.05, 0.1) is 11.1 Å². The number of hydrogen-bond donors (Lipinski definition) is 9. The fourth-order valence-electron chi connectivity index (χ4n) is 3.29. The van der Waals surface area contributed by atoms with Gasteiger partial charge < -0.3 is 60.2 Å². The molecule has 0 amide bonds. The number of hydrogen-bond acceptors (Lipinski definition) is 14. The third-order valence-corrected chi connectivity index (χ3v) is 5.03. The van der Waals surface area contributed by atoms with Crippen molar-refractivity contribution in [3.63, 3.8) is 0 Å². The zero-order valence-electron chi connectivity index (χ0n) is 16.8. The summed E-state index contributed by atoms with van der Waals surface area (Å²) in [5, 5.41) is 90.6. The van der Waals surface area contributed by atoms with Crippen LogP contribution in [0.3, 0.4) is 0 Å². The lowest BCUT2D eigenvalue weighted by molar-refractivity contribution is -0.138. The van der Waals surface area contributed by atoms with E-state index < -0.39 is 99.7 Å². The molecule has 4 unspecified atom stereocenters. The van der Waals surface area contributed by atoms with Crippen molar-refractivity contribution in [3.8, 4) is 45.6 Å². The molecule has 1 aliphatic heterocycles. The maximum atomic E-state index is 12.9. The highest BCUT2D eigenvalue weighted by Gasteiger charge is 2.39. The van der Waals surface area contributed by atoms with Crippen molar-refractivity contribution in [3.05, 3.63) is 23.3 Å². The molecular weight excluding hydrogens is 464 g/mol. The van der Waals surface area contributed by atoms with E-state index in [1.807, 2.05) is 0 Å². The van der Waals surface area contributed by atoms with Crippen LogP contribution in [0.25, 0.3) is 11.1 Å². The number of ether oxygens (including phenoxy) is 2. The lowest BCUT2D eigenvalue weighted by Gasteiger charge is -2.28. The number of aromatic hydroxyl groups is 6. The van der Waals surface area contributed by atoms with Gasteiger partial charge in [0.15, 0.2) is 35.4 Å². The van der Waals surface area contributed by atoms with Crippen molar-refractivity contribution in [1.29, 1.82) is 0 Å². The minimum Gasteiger partial charge on any atom is -0.504 e. The monoisotopic (exact) mass is 482 g/mol. The first kappa shape index (κ1) is 24.4. The summed E-state index contributed by atoms with van der Waals surface area (Å²) in [6.07, 6.45) is -8.68. The molecule has 2 aromatic carbocycles. The van der Waals surface area contributed by atoms with Gasteiger partial charge in [-0.05, 0) is 12.1 Å². The van der Waals surface area contributed by atoms with Crippen molar-refractivity contribution >= 4 is 18.2 Å². The number of aliphatic hydroxyl groups excluding tert-OH is 3. The molecule has 0 saturated heterocycles. The minimum absolute atomic E-state index is 0.134. The van der Waals surface area contributed by atoms with Crippen LogP contribution in [-0.4, -0.2) is 95.2 Å². The molecule has 14 nitrogen and oxygen atoms in total. The van der Waals surface area contributed by atoms with Gasteiger partial charge in [-0.1, -0.05) is 0 Å². The average Bonchev–Trinajstić information content (AvgIpc) is 2.82. The summed E-state index contributed by atoms with van der Waals surface area (Å²) >= 11 is 0. The molecule has 3 rings (SSSR count). The van der Waals surface area contributed by atoms with Gasteiger partial charge in [-0.25, -0.2) is 9.59 Å². The van der Waals surface area contributed by atoms with E-state index in [0.717, 1.165) is 0 Å². The molecule has 0 radical (unpaired) electrons. The Bertz CT molecular complexity index is 1170. The Morgan fingerprint density at radius 2 is 1.29 bits per heavy atom. The molecule has 0 spiro atoms. The van der Waals surface area contributed by atoms with E-state index >= 15 is 0 Å². The molecule has 0 fully saturated rings. The first-order valence-electron chi connectivity index (χ1n) is 9.34. The fraction of sp³-hybridized carbons (Fsp3) is 0.250. The third kappa shape index (κ3) is 3.96. The molecule has 9 N–H and O–H groups in total. The molecule has 0 saturated carbocycles. The maximum absolute atomic E-state index is 12.9. The number of esters is 2. The quantitative estimate of drug-likeness (QED) is 0.138. The van der Waals surface area contributed by atoms with E-state index in [2.05, 4.69) is 0 Å². The molecular formula is C20H18O14. The lowest BCUT2D eigenvalue weighted by atomic mass is 9.92. The summed E-state index contributed by atoms with van der Waals surface area (Å²) in [4.78, 5) is 36.5. The fourth-order valence-corrected chi connectivity index (χ4v) is 3.29. The Hall–Kier alpha value is -4.27. The van der Waals surface area contributed by atoms with E-state index in [4.69, 9.17) is 9.47 Å². The Balaban J connectivity index is 2.37. The van der Waals surface area contributed by atoms with Crippen molar-refractivity contribution < 1.29 is 69.8 Å². The van der Waals surface area contributed by atoms with Crippen LogP contribution in [-0.2, 0) is 14.3 Å². The molecule has 34 heavy (non-hydrogen) atoms. The molecule has 182 valence electrons. The van der Waals surface area contributed by atoms with Crippen LogP contribution in [0, 0.1) is 0 Å². The summed E-state index contributed by atoms with van der Waals surface area (Å²) in [6.45, 7) is -1.01. The summed E-state index contributed by atoms with van der Waals surface area (Å²) in [5.74, 6) is -10.0. The summed E-state index contributed by atoms with van der Waals surface area (Å²) in [5.41, 5.74) is -3.39. The number of carbonyl (C=O) groups excluding carboxylic acids is 3. The molecule has 2 aromatic rings. The van der Waals surface area contributed by atoms with Gasteiger partial charge in [-0.3, -0.25) is 0 Å². The van der Waals surface area contributed by atoms with Crippen molar-refractivity contribution in [2.45, 2.75) is 24.4 Å². The molecule has 1 heterocycles. The lowest BCUT2D eigenvalue weighted by Crippen LogP contribution is -2.49. The third-order valence-electron chi connectivity index (χ3n) is 5.03. The van der Waals surface area contributed by atoms with E-state index in [1.165, 1.54) is 0 Å². The highest BCUT2D eigenvalue weighted by molar-refractivity contribution is 6.08. The van der Waals surface area contributed by atoms with Crippen LogP contribution in [0.2, 0.25) is 0 Å². The zero-order chi connectivity index (χ0) is 25.5. The van der Waals surface area contributed by atoms with Crippen LogP contribution in [0.4, 0.5) is 0 Å². The van der Waals surface area contributed by atoms with Crippen LogP contribution < -0.4 is 0 Å². The highest BCUT2D eigenvalue weighted by atomic mass is 16.6. The number of aliphatic hydroxyl groups is 3. The van der Waals surface area contributed by atoms with Gasteiger partial charge in [0.25, 0.3) is 0 Å². The topological polar surface area (TPSA) is 252 Å². The summed E-state index contributed by atoms with van der Waals surface area (Å²) < 4.78 is 9.80. The van der Waals surface area contributed by atoms with Gasteiger partial charge in [0.1, 0.15) is 24.9 Å². The SMILES string of the molecule is O=CC(O)C(O)C1OC(=O)c2cc(O)c(O)c(O)c2-c2c(cc(O)c(O)c2O)C(=O)OCC1O. The van der Waals surface area contributed by atoms with Gasteiger partial charge in [-0.15, -0.1) is 0 Å². The highest BCUT2D eigenvalue weighted by Crippen LogP contribution is 2.52. The molecule has 1 aliphatic rings. The molecule has 0 aromatic heterocycles. The number of aldehydes is 1. The van der Waals surface area contributed by atoms with Crippen molar-refractivity contribution in [2.24, 2.45) is 0 Å². The van der Waals surface area contributed by atoms with E-state index in [0.29, 0.717) is 12.1 Å². The number of benzene rings is 2. The first-order valence-corrected chi connectivity index (χ1v) is 9.34. The number of carbonyl (C=O) groups is 3. The average molecular weight is 482 g/mol. The predicted octanol–water partition coefficient (Wildman–Crippen LogP) is -1.44. The van der Waals surface area contributed by atoms with Gasteiger partial charge in [-0.2, -0.15) is 0 Å². The van der Waals surface area contributed by atoms with Crippen LogP contribution in [0.5, 0.6) is 34.5 Å². The van der Waals surface area contributed by atoms with Crippen molar-refractivity contribution in [1.82, 2.24) is 0 Å². The molecule has 0 aliphatic carbocycles. The van der Waals surface area contributed by atoms with Gasteiger partial charge in [0, 0.05) is 11.1 Å². The maximum Gasteiger partial charge on any atom is 0.339 e. The Kier molecular flexibility index (Phi) is 6.40. The minimum atomic E-state index is -2.23. The van der Waals surface area contributed by atoms with E-state index in [-0.39, 0.29) is 6.29 Å². The van der Waals surface area contributed by atoms with E-state index in [9.17, 15) is 60.3 Å². The van der Waals surface area contributed by atoms with Crippen molar-refractivity contribution in [2.75, 3.05) is 6.61 Å². The first-order chi connectivity index (χ1) is 15.9.